The first-order valence-electron chi connectivity index (χ1n) is 21.1. The van der Waals surface area contributed by atoms with Gasteiger partial charge in [0.05, 0.1) is 17.9 Å². The number of ether oxygens (including phenoxy) is 4. The molecule has 0 aliphatic carbocycles. The van der Waals surface area contributed by atoms with E-state index in [-0.39, 0.29) is 52.6 Å². The quantitative estimate of drug-likeness (QED) is 0.146. The Hall–Kier alpha value is -4.27. The summed E-state index contributed by atoms with van der Waals surface area (Å²) in [6, 6.07) is 6.49. The Balaban J connectivity index is 1.83. The maximum absolute atomic E-state index is 14.8. The number of rotatable bonds is 15. The molecule has 0 unspecified atom stereocenters. The maximum atomic E-state index is 14.8. The second kappa shape index (κ2) is 19.0. The van der Waals surface area contributed by atoms with Crippen LogP contribution in [0.15, 0.2) is 48.8 Å². The lowest BCUT2D eigenvalue weighted by atomic mass is 9.72. The van der Waals surface area contributed by atoms with Crippen molar-refractivity contribution >= 4 is 11.9 Å². The van der Waals surface area contributed by atoms with E-state index in [2.05, 4.69) is 0 Å². The van der Waals surface area contributed by atoms with Crippen molar-refractivity contribution in [3.8, 4) is 0 Å². The molecule has 0 radical (unpaired) electrons. The third kappa shape index (κ3) is 9.13. The Kier molecular flexibility index (Phi) is 15.4. The first-order valence-corrected chi connectivity index (χ1v) is 21.1. The summed E-state index contributed by atoms with van der Waals surface area (Å²) in [4.78, 5) is 54.4. The number of aryl methyl sites for hydroxylation is 1. The molecule has 1 aliphatic rings. The molecule has 0 spiro atoms. The Morgan fingerprint density at radius 2 is 1.41 bits per heavy atom. The van der Waals surface area contributed by atoms with Crippen LogP contribution in [0.5, 0.6) is 0 Å². The summed E-state index contributed by atoms with van der Waals surface area (Å²) in [5.41, 5.74) is -3.38. The molecule has 338 valence electrons. The highest BCUT2D eigenvalue weighted by Gasteiger charge is 2.64. The van der Waals surface area contributed by atoms with Crippen LogP contribution < -0.4 is 10.9 Å². The topological polar surface area (TPSA) is 152 Å². The number of carbonyl (C=O) groups excluding carboxylic acids is 2. The number of carbonyl (C=O) groups is 2. The van der Waals surface area contributed by atoms with E-state index in [0.29, 0.717) is 23.3 Å². The van der Waals surface area contributed by atoms with E-state index in [1.165, 1.54) is 25.1 Å². The zero-order valence-electron chi connectivity index (χ0n) is 37.9. The zero-order valence-corrected chi connectivity index (χ0v) is 37.9. The molecule has 3 aromatic rings. The molecule has 1 aromatic carbocycles. The summed E-state index contributed by atoms with van der Waals surface area (Å²) >= 11 is 0. The Morgan fingerprint density at radius 3 is 1.93 bits per heavy atom. The molecule has 1 saturated heterocycles. The molecule has 0 saturated carbocycles. The maximum Gasteiger partial charge on any atom is 0.432 e. The predicted molar refractivity (Wildman–Crippen MR) is 222 cm³/mol. The van der Waals surface area contributed by atoms with Gasteiger partial charge in [-0.25, -0.2) is 4.79 Å². The summed E-state index contributed by atoms with van der Waals surface area (Å²) in [7, 11) is 0.788. The lowest BCUT2D eigenvalue weighted by Crippen LogP contribution is -2.61. The molecular formula is C47H63F3O11. The fraction of sp³-hybridized carbons (Fsp3) is 0.617. The molecule has 0 amide bonds. The van der Waals surface area contributed by atoms with Gasteiger partial charge in [0.15, 0.2) is 16.6 Å². The van der Waals surface area contributed by atoms with Gasteiger partial charge in [0.2, 0.25) is 0 Å². The number of esters is 2. The SMILES string of the molecule is CCc1oc([C@H](C)[C@@]2(O)O[C@@H]([C@@H](C)c3oc([C@@H](C)[C@H](CC)OC(=O)[C@](OC)(c4ccccc4)C(F)(F)F)c(C)c(=O)c3C)[C@@H](C)[C@H](OC(=O)CC(C)C)[C@@H]2C)c(C)c(=O)c1C. The summed E-state index contributed by atoms with van der Waals surface area (Å²) in [6.45, 7) is 22.2. The average molecular weight is 861 g/mol. The normalized spacial score (nSPS) is 23.8. The van der Waals surface area contributed by atoms with Crippen molar-refractivity contribution in [1.82, 2.24) is 0 Å². The highest BCUT2D eigenvalue weighted by Crippen LogP contribution is 2.50. The fourth-order valence-corrected chi connectivity index (χ4v) is 8.96. The van der Waals surface area contributed by atoms with Gasteiger partial charge in [-0.05, 0) is 40.0 Å². The van der Waals surface area contributed by atoms with Crippen molar-refractivity contribution in [2.45, 2.75) is 163 Å². The van der Waals surface area contributed by atoms with E-state index in [1.54, 1.807) is 55.4 Å². The van der Waals surface area contributed by atoms with Crippen molar-refractivity contribution in [1.29, 1.82) is 0 Å². The van der Waals surface area contributed by atoms with E-state index in [0.717, 1.165) is 19.2 Å². The molecule has 11 nitrogen and oxygen atoms in total. The Morgan fingerprint density at radius 1 is 0.852 bits per heavy atom. The van der Waals surface area contributed by atoms with Crippen LogP contribution in [0, 0.1) is 45.4 Å². The van der Waals surface area contributed by atoms with Crippen LogP contribution >= 0.6 is 0 Å². The summed E-state index contributed by atoms with van der Waals surface area (Å²) in [5.74, 6) is -7.47. The van der Waals surface area contributed by atoms with Crippen LogP contribution in [0.25, 0.3) is 0 Å². The molecule has 0 bridgehead atoms. The van der Waals surface area contributed by atoms with Crippen molar-refractivity contribution in [3.63, 3.8) is 0 Å². The number of methoxy groups -OCH3 is 1. The third-order valence-corrected chi connectivity index (χ3v) is 12.7. The zero-order chi connectivity index (χ0) is 46.1. The van der Waals surface area contributed by atoms with Gasteiger partial charge in [-0.3, -0.25) is 14.4 Å². The monoisotopic (exact) mass is 860 g/mol. The van der Waals surface area contributed by atoms with Gasteiger partial charge in [-0.2, -0.15) is 13.2 Å². The van der Waals surface area contributed by atoms with E-state index in [9.17, 15) is 37.5 Å². The minimum atomic E-state index is -5.20. The first kappa shape index (κ1) is 49.4. The second-order valence-corrected chi connectivity index (χ2v) is 17.2. The van der Waals surface area contributed by atoms with Crippen LogP contribution in [0.1, 0.15) is 144 Å². The van der Waals surface area contributed by atoms with E-state index < -0.39 is 88.4 Å². The smallest absolute Gasteiger partial charge is 0.432 e. The molecule has 2 aromatic heterocycles. The number of hydrogen-bond donors (Lipinski definition) is 1. The molecular weight excluding hydrogens is 797 g/mol. The summed E-state index contributed by atoms with van der Waals surface area (Å²) in [5, 5.41) is 12.8. The number of benzene rings is 1. The largest absolute Gasteiger partial charge is 0.465 e. The number of hydrogen-bond acceptors (Lipinski definition) is 11. The minimum absolute atomic E-state index is 0.0174. The summed E-state index contributed by atoms with van der Waals surface area (Å²) < 4.78 is 80.8. The summed E-state index contributed by atoms with van der Waals surface area (Å²) in [6.07, 6.45) is -7.71. The minimum Gasteiger partial charge on any atom is -0.465 e. The molecule has 1 N–H and O–H groups in total. The third-order valence-electron chi connectivity index (χ3n) is 12.7. The molecule has 10 atom stereocenters. The Bertz CT molecular complexity index is 2160. The van der Waals surface area contributed by atoms with Crippen molar-refractivity contribution in [2.75, 3.05) is 7.11 Å². The molecule has 3 heterocycles. The number of aliphatic hydroxyl groups is 1. The van der Waals surface area contributed by atoms with Crippen LogP contribution in [0.4, 0.5) is 13.2 Å². The molecule has 1 aliphatic heterocycles. The standard InChI is InChI=1S/C47H63F3O11/c1-15-34-24(5)37(52)28(9)42(57-34)31(12)46(55)32(13)43(59-36(51)22-23(3)4)30(11)41(61-46)29(10)40-27(8)38(53)26(7)39(60-40)25(6)35(16-2)58-44(54)45(56-14,47(48,49)50)33-20-18-17-19-21-33/h17-21,23,25,29-32,35,41,43,55H,15-16,22H2,1-14H3/t25-,29-,30+,31-,32-,35-,41-,43-,45+,46+/m0/s1. The van der Waals surface area contributed by atoms with Crippen LogP contribution in [0.2, 0.25) is 0 Å². The lowest BCUT2D eigenvalue weighted by molar-refractivity contribution is -0.331. The molecule has 14 heteroatoms. The number of halogens is 3. The van der Waals surface area contributed by atoms with E-state index >= 15 is 0 Å². The van der Waals surface area contributed by atoms with Crippen LogP contribution in [-0.4, -0.2) is 54.4 Å². The van der Waals surface area contributed by atoms with Gasteiger partial charge in [0, 0.05) is 65.5 Å². The molecule has 61 heavy (non-hydrogen) atoms. The van der Waals surface area contributed by atoms with Gasteiger partial charge in [0.25, 0.3) is 5.60 Å². The van der Waals surface area contributed by atoms with Gasteiger partial charge in [-0.15, -0.1) is 0 Å². The van der Waals surface area contributed by atoms with Crippen LogP contribution in [-0.2, 0) is 40.6 Å². The fourth-order valence-electron chi connectivity index (χ4n) is 8.96. The Labute approximate surface area is 356 Å². The van der Waals surface area contributed by atoms with Gasteiger partial charge < -0.3 is 32.9 Å². The average Bonchev–Trinajstić information content (AvgIpc) is 3.20. The molecule has 1 fully saturated rings. The van der Waals surface area contributed by atoms with Gasteiger partial charge in [0.1, 0.15) is 35.2 Å². The van der Waals surface area contributed by atoms with Crippen molar-refractivity contribution < 1.29 is 55.6 Å². The van der Waals surface area contributed by atoms with E-state index in [1.807, 2.05) is 27.7 Å². The highest BCUT2D eigenvalue weighted by atomic mass is 19.4. The van der Waals surface area contributed by atoms with Crippen molar-refractivity contribution in [3.05, 3.63) is 102 Å². The first-order chi connectivity index (χ1) is 28.4. The van der Waals surface area contributed by atoms with Gasteiger partial charge in [-0.1, -0.05) is 92.6 Å². The lowest BCUT2D eigenvalue weighted by Gasteiger charge is -2.52. The predicted octanol–water partition coefficient (Wildman–Crippen LogP) is 9.14. The second-order valence-electron chi connectivity index (χ2n) is 17.2. The molecule has 4 rings (SSSR count). The van der Waals surface area contributed by atoms with Crippen molar-refractivity contribution in [2.24, 2.45) is 17.8 Å². The van der Waals surface area contributed by atoms with E-state index in [4.69, 9.17) is 27.8 Å². The highest BCUT2D eigenvalue weighted by molar-refractivity contribution is 5.83. The van der Waals surface area contributed by atoms with Gasteiger partial charge >= 0.3 is 18.1 Å². The van der Waals surface area contributed by atoms with Crippen LogP contribution in [0.3, 0.4) is 0 Å². The number of alkyl halides is 3.